The lowest BCUT2D eigenvalue weighted by atomic mass is 10.1. The van der Waals surface area contributed by atoms with Gasteiger partial charge in [-0.1, -0.05) is 12.2 Å². The van der Waals surface area contributed by atoms with Crippen LogP contribution in [0, 0.1) is 0 Å². The number of likely N-dealkylation sites (tertiary alicyclic amines) is 1. The molecule has 0 unspecified atom stereocenters. The van der Waals surface area contributed by atoms with E-state index < -0.39 is 0 Å². The highest BCUT2D eigenvalue weighted by Gasteiger charge is 2.16. The molecule has 96 valence electrons. The number of carbonyl (C=O) groups excluding carboxylic acids is 1. The Morgan fingerprint density at radius 2 is 1.71 bits per heavy atom. The van der Waals surface area contributed by atoms with Crippen LogP contribution in [0.3, 0.4) is 0 Å². The molecule has 0 aromatic heterocycles. The Morgan fingerprint density at radius 3 is 2.24 bits per heavy atom. The monoisotopic (exact) mass is 236 g/mol. The van der Waals surface area contributed by atoms with Crippen molar-refractivity contribution < 1.29 is 4.79 Å². The highest BCUT2D eigenvalue weighted by molar-refractivity contribution is 5.76. The van der Waals surface area contributed by atoms with E-state index in [0.29, 0.717) is 12.3 Å². The first-order valence-corrected chi connectivity index (χ1v) is 6.50. The quantitative estimate of drug-likeness (QED) is 0.632. The van der Waals surface area contributed by atoms with Gasteiger partial charge in [0, 0.05) is 39.1 Å². The lowest BCUT2D eigenvalue weighted by Gasteiger charge is -2.28. The van der Waals surface area contributed by atoms with Crippen LogP contribution in [0.1, 0.15) is 25.7 Å². The van der Waals surface area contributed by atoms with Crippen molar-refractivity contribution >= 4 is 5.91 Å². The lowest BCUT2D eigenvalue weighted by molar-refractivity contribution is -0.132. The van der Waals surface area contributed by atoms with Crippen molar-refractivity contribution in [2.24, 2.45) is 0 Å². The molecule has 0 atom stereocenters. The second-order valence-electron chi connectivity index (χ2n) is 4.53. The number of nitrogens with zero attached hydrogens (tertiary/aromatic N) is 2. The Labute approximate surface area is 105 Å². The second-order valence-corrected chi connectivity index (χ2v) is 4.53. The summed E-state index contributed by atoms with van der Waals surface area (Å²) < 4.78 is 0. The van der Waals surface area contributed by atoms with Gasteiger partial charge >= 0.3 is 0 Å². The Kier molecular flexibility index (Phi) is 6.63. The molecule has 3 nitrogen and oxygen atoms in total. The third-order valence-electron chi connectivity index (χ3n) is 3.13. The fourth-order valence-electron chi connectivity index (χ4n) is 2.18. The number of amides is 1. The summed E-state index contributed by atoms with van der Waals surface area (Å²) >= 11 is 0. The van der Waals surface area contributed by atoms with Gasteiger partial charge in [-0.05, 0) is 19.3 Å². The molecule has 0 radical (unpaired) electrons. The fraction of sp³-hybridized carbons (Fsp3) is 0.643. The van der Waals surface area contributed by atoms with Crippen molar-refractivity contribution in [1.29, 1.82) is 0 Å². The Morgan fingerprint density at radius 1 is 1.12 bits per heavy atom. The van der Waals surface area contributed by atoms with Crippen molar-refractivity contribution in [2.45, 2.75) is 25.7 Å². The molecule has 1 aliphatic heterocycles. The minimum Gasteiger partial charge on any atom is -0.343 e. The van der Waals surface area contributed by atoms with E-state index in [4.69, 9.17) is 0 Å². The fourth-order valence-corrected chi connectivity index (χ4v) is 2.18. The standard InChI is InChI=1S/C14H24N2O/c1-3-9-15(10-4-2)13-8-14(17)16-11-6-5-7-12-16/h3-4H,1-2,5-13H2. The van der Waals surface area contributed by atoms with E-state index in [-0.39, 0.29) is 0 Å². The van der Waals surface area contributed by atoms with Gasteiger partial charge in [0.25, 0.3) is 0 Å². The summed E-state index contributed by atoms with van der Waals surface area (Å²) in [6.07, 6.45) is 7.94. The number of hydrogen-bond donors (Lipinski definition) is 0. The van der Waals surface area contributed by atoms with Crippen LogP contribution < -0.4 is 0 Å². The highest BCUT2D eigenvalue weighted by atomic mass is 16.2. The van der Waals surface area contributed by atoms with Gasteiger partial charge in [-0.2, -0.15) is 0 Å². The van der Waals surface area contributed by atoms with Gasteiger partial charge in [0.05, 0.1) is 0 Å². The largest absolute Gasteiger partial charge is 0.343 e. The zero-order valence-corrected chi connectivity index (χ0v) is 10.7. The topological polar surface area (TPSA) is 23.6 Å². The molecule has 0 saturated carbocycles. The zero-order chi connectivity index (χ0) is 12.5. The van der Waals surface area contributed by atoms with E-state index in [9.17, 15) is 4.79 Å². The van der Waals surface area contributed by atoms with Crippen LogP contribution in [0.4, 0.5) is 0 Å². The third-order valence-corrected chi connectivity index (χ3v) is 3.13. The molecule has 0 aliphatic carbocycles. The zero-order valence-electron chi connectivity index (χ0n) is 10.7. The summed E-state index contributed by atoms with van der Waals surface area (Å²) in [4.78, 5) is 16.1. The molecule has 17 heavy (non-hydrogen) atoms. The second kappa shape index (κ2) is 8.07. The molecular weight excluding hydrogens is 212 g/mol. The third kappa shape index (κ3) is 5.18. The number of rotatable bonds is 7. The Balaban J connectivity index is 2.28. The van der Waals surface area contributed by atoms with E-state index in [1.165, 1.54) is 6.42 Å². The molecule has 0 N–H and O–H groups in total. The Hall–Kier alpha value is -1.09. The number of hydrogen-bond acceptors (Lipinski definition) is 2. The maximum absolute atomic E-state index is 12.0. The summed E-state index contributed by atoms with van der Waals surface area (Å²) in [6.45, 7) is 11.8. The van der Waals surface area contributed by atoms with Crippen LogP contribution >= 0.6 is 0 Å². The predicted octanol–water partition coefficient (Wildman–Crippen LogP) is 2.06. The van der Waals surface area contributed by atoms with Gasteiger partial charge < -0.3 is 4.90 Å². The number of carbonyl (C=O) groups is 1. The summed E-state index contributed by atoms with van der Waals surface area (Å²) in [6, 6.07) is 0. The van der Waals surface area contributed by atoms with Gasteiger partial charge in [0.1, 0.15) is 0 Å². The molecule has 0 aromatic carbocycles. The molecule has 1 fully saturated rings. The minimum atomic E-state index is 0.294. The normalized spacial score (nSPS) is 15.9. The highest BCUT2D eigenvalue weighted by Crippen LogP contribution is 2.10. The van der Waals surface area contributed by atoms with Gasteiger partial charge in [0.2, 0.25) is 5.91 Å². The first-order valence-electron chi connectivity index (χ1n) is 6.50. The van der Waals surface area contributed by atoms with Gasteiger partial charge in [-0.3, -0.25) is 9.69 Å². The maximum atomic E-state index is 12.0. The molecule has 0 spiro atoms. The van der Waals surface area contributed by atoms with Crippen molar-refractivity contribution in [3.63, 3.8) is 0 Å². The average Bonchev–Trinajstić information content (AvgIpc) is 2.37. The predicted molar refractivity (Wildman–Crippen MR) is 71.9 cm³/mol. The minimum absolute atomic E-state index is 0.294. The maximum Gasteiger partial charge on any atom is 0.223 e. The van der Waals surface area contributed by atoms with E-state index in [2.05, 4.69) is 18.1 Å². The van der Waals surface area contributed by atoms with Crippen LogP contribution in [-0.4, -0.2) is 48.4 Å². The molecule has 1 aliphatic rings. The summed E-state index contributed by atoms with van der Waals surface area (Å²) in [5.41, 5.74) is 0. The smallest absolute Gasteiger partial charge is 0.223 e. The van der Waals surface area contributed by atoms with E-state index in [0.717, 1.165) is 45.6 Å². The van der Waals surface area contributed by atoms with Gasteiger partial charge in [-0.25, -0.2) is 0 Å². The van der Waals surface area contributed by atoms with Crippen molar-refractivity contribution in [3.8, 4) is 0 Å². The van der Waals surface area contributed by atoms with E-state index in [1.54, 1.807) is 0 Å². The van der Waals surface area contributed by atoms with Crippen LogP contribution in [0.15, 0.2) is 25.3 Å². The van der Waals surface area contributed by atoms with Crippen LogP contribution in [0.5, 0.6) is 0 Å². The molecule has 1 saturated heterocycles. The number of piperidine rings is 1. The summed E-state index contributed by atoms with van der Waals surface area (Å²) in [5, 5.41) is 0. The van der Waals surface area contributed by atoms with Crippen LogP contribution in [0.25, 0.3) is 0 Å². The van der Waals surface area contributed by atoms with Crippen molar-refractivity contribution in [2.75, 3.05) is 32.7 Å². The molecule has 0 aromatic rings. The molecule has 1 rings (SSSR count). The molecule has 3 heteroatoms. The lowest BCUT2D eigenvalue weighted by Crippen LogP contribution is -2.38. The van der Waals surface area contributed by atoms with Crippen molar-refractivity contribution in [1.82, 2.24) is 9.80 Å². The summed E-state index contributed by atoms with van der Waals surface area (Å²) in [5.74, 6) is 0.294. The average molecular weight is 236 g/mol. The first kappa shape index (κ1) is 14.0. The van der Waals surface area contributed by atoms with Gasteiger partial charge in [-0.15, -0.1) is 13.2 Å². The SMILES string of the molecule is C=CCN(CC=C)CCC(=O)N1CCCCC1. The summed E-state index contributed by atoms with van der Waals surface area (Å²) in [7, 11) is 0. The first-order chi connectivity index (χ1) is 8.27. The Bertz CT molecular complexity index is 247. The molecular formula is C14H24N2O. The van der Waals surface area contributed by atoms with Crippen LogP contribution in [-0.2, 0) is 4.79 Å². The molecule has 0 bridgehead atoms. The van der Waals surface area contributed by atoms with E-state index >= 15 is 0 Å². The van der Waals surface area contributed by atoms with Crippen molar-refractivity contribution in [3.05, 3.63) is 25.3 Å². The van der Waals surface area contributed by atoms with Gasteiger partial charge in [0.15, 0.2) is 0 Å². The van der Waals surface area contributed by atoms with E-state index in [1.807, 2.05) is 17.1 Å². The van der Waals surface area contributed by atoms with Crippen LogP contribution in [0.2, 0.25) is 0 Å². The molecule has 1 amide bonds. The molecule has 1 heterocycles.